The molecule has 0 aromatic carbocycles. The first kappa shape index (κ1) is 14.9. The van der Waals surface area contributed by atoms with Crippen molar-refractivity contribution in [2.24, 2.45) is 0 Å². The Hall–Kier alpha value is -1.14. The van der Waals surface area contributed by atoms with Gasteiger partial charge in [0.2, 0.25) is 5.91 Å². The Labute approximate surface area is 108 Å². The normalized spacial score (nSPS) is 16.6. The van der Waals surface area contributed by atoms with E-state index in [9.17, 15) is 9.59 Å². The zero-order valence-electron chi connectivity index (χ0n) is 11.3. The molecule has 6 nitrogen and oxygen atoms in total. The third kappa shape index (κ3) is 5.46. The number of rotatable bonds is 5. The van der Waals surface area contributed by atoms with Crippen LogP contribution in [0.1, 0.15) is 33.1 Å². The summed E-state index contributed by atoms with van der Waals surface area (Å²) < 4.78 is 0. The molecule has 0 unspecified atom stereocenters. The van der Waals surface area contributed by atoms with Crippen molar-refractivity contribution >= 4 is 11.8 Å². The van der Waals surface area contributed by atoms with Crippen LogP contribution in [0.15, 0.2) is 0 Å². The van der Waals surface area contributed by atoms with Crippen molar-refractivity contribution in [3.8, 4) is 0 Å². The molecule has 1 aliphatic rings. The van der Waals surface area contributed by atoms with Gasteiger partial charge in [-0.25, -0.2) is 0 Å². The molecule has 0 spiro atoms. The molecule has 0 aromatic rings. The van der Waals surface area contributed by atoms with E-state index in [-0.39, 0.29) is 11.8 Å². The van der Waals surface area contributed by atoms with Crippen LogP contribution < -0.4 is 16.2 Å². The van der Waals surface area contributed by atoms with E-state index >= 15 is 0 Å². The predicted molar refractivity (Wildman–Crippen MR) is 69.7 cm³/mol. The minimum Gasteiger partial charge on any atom is -0.317 e. The molecule has 0 radical (unpaired) electrons. The first-order valence-electron chi connectivity index (χ1n) is 6.63. The fraction of sp³-hybridized carbons (Fsp3) is 0.833. The average Bonchev–Trinajstić information content (AvgIpc) is 2.37. The number of nitrogens with one attached hydrogen (secondary N) is 3. The number of hydrogen-bond acceptors (Lipinski definition) is 4. The first-order valence-corrected chi connectivity index (χ1v) is 6.63. The van der Waals surface area contributed by atoms with Gasteiger partial charge in [-0.15, -0.1) is 0 Å². The second-order valence-corrected chi connectivity index (χ2v) is 4.68. The summed E-state index contributed by atoms with van der Waals surface area (Å²) in [6.45, 7) is 6.77. The molecule has 0 saturated carbocycles. The van der Waals surface area contributed by atoms with Gasteiger partial charge in [-0.3, -0.25) is 25.3 Å². The van der Waals surface area contributed by atoms with E-state index < -0.39 is 0 Å². The SMILES string of the molecule is CCCN(CC(=O)NNC(C)=O)C1CCNCC1. The molecule has 1 rings (SSSR count). The van der Waals surface area contributed by atoms with Crippen LogP contribution in [0.5, 0.6) is 0 Å². The van der Waals surface area contributed by atoms with Crippen LogP contribution in [0.2, 0.25) is 0 Å². The molecular weight excluding hydrogens is 232 g/mol. The number of piperidine rings is 1. The van der Waals surface area contributed by atoms with Gasteiger partial charge in [-0.05, 0) is 38.9 Å². The van der Waals surface area contributed by atoms with Gasteiger partial charge in [0, 0.05) is 13.0 Å². The molecule has 1 aliphatic heterocycles. The zero-order chi connectivity index (χ0) is 13.4. The number of amides is 2. The van der Waals surface area contributed by atoms with Gasteiger partial charge in [-0.1, -0.05) is 6.92 Å². The van der Waals surface area contributed by atoms with Gasteiger partial charge in [0.25, 0.3) is 5.91 Å². The molecule has 0 aromatic heterocycles. The Bertz CT molecular complexity index is 277. The highest BCUT2D eigenvalue weighted by molar-refractivity contribution is 5.81. The summed E-state index contributed by atoms with van der Waals surface area (Å²) in [5.74, 6) is -0.413. The lowest BCUT2D eigenvalue weighted by Crippen LogP contribution is -2.50. The highest BCUT2D eigenvalue weighted by atomic mass is 16.2. The van der Waals surface area contributed by atoms with Gasteiger partial charge >= 0.3 is 0 Å². The van der Waals surface area contributed by atoms with Gasteiger partial charge < -0.3 is 5.32 Å². The highest BCUT2D eigenvalue weighted by Gasteiger charge is 2.22. The van der Waals surface area contributed by atoms with Gasteiger partial charge in [0.05, 0.1) is 6.54 Å². The van der Waals surface area contributed by atoms with Crippen LogP contribution in [0.3, 0.4) is 0 Å². The Balaban J connectivity index is 2.40. The third-order valence-corrected chi connectivity index (χ3v) is 3.06. The van der Waals surface area contributed by atoms with Crippen LogP contribution in [0.4, 0.5) is 0 Å². The van der Waals surface area contributed by atoms with E-state index in [4.69, 9.17) is 0 Å². The largest absolute Gasteiger partial charge is 0.317 e. The lowest BCUT2D eigenvalue weighted by Gasteiger charge is -2.33. The summed E-state index contributed by atoms with van der Waals surface area (Å²) in [7, 11) is 0. The average molecular weight is 256 g/mol. The van der Waals surface area contributed by atoms with Crippen molar-refractivity contribution in [1.82, 2.24) is 21.1 Å². The molecule has 104 valence electrons. The smallest absolute Gasteiger partial charge is 0.252 e. The molecule has 18 heavy (non-hydrogen) atoms. The first-order chi connectivity index (χ1) is 8.63. The Morgan fingerprint density at radius 2 is 1.94 bits per heavy atom. The fourth-order valence-electron chi connectivity index (χ4n) is 2.23. The molecular formula is C12H24N4O2. The van der Waals surface area contributed by atoms with Crippen molar-refractivity contribution < 1.29 is 9.59 Å². The number of nitrogens with zero attached hydrogens (tertiary/aromatic N) is 1. The van der Waals surface area contributed by atoms with E-state index in [1.54, 1.807) is 0 Å². The minimum absolute atomic E-state index is 0.155. The van der Waals surface area contributed by atoms with Crippen molar-refractivity contribution in [2.75, 3.05) is 26.2 Å². The maximum absolute atomic E-state index is 11.7. The van der Waals surface area contributed by atoms with Crippen molar-refractivity contribution in [1.29, 1.82) is 0 Å². The van der Waals surface area contributed by atoms with E-state index in [1.165, 1.54) is 6.92 Å². The van der Waals surface area contributed by atoms with Crippen LogP contribution in [-0.4, -0.2) is 48.9 Å². The van der Waals surface area contributed by atoms with Crippen LogP contribution >= 0.6 is 0 Å². The van der Waals surface area contributed by atoms with Crippen LogP contribution in [-0.2, 0) is 9.59 Å². The number of carbonyl (C=O) groups is 2. The van der Waals surface area contributed by atoms with E-state index in [2.05, 4.69) is 28.0 Å². The predicted octanol–water partition coefficient (Wildman–Crippen LogP) is -0.382. The summed E-state index contributed by atoms with van der Waals surface area (Å²) in [5.41, 5.74) is 4.73. The lowest BCUT2D eigenvalue weighted by atomic mass is 10.0. The van der Waals surface area contributed by atoms with Crippen molar-refractivity contribution in [2.45, 2.75) is 39.2 Å². The van der Waals surface area contributed by atoms with Crippen LogP contribution in [0.25, 0.3) is 0 Å². The molecule has 2 amide bonds. The Morgan fingerprint density at radius 1 is 1.28 bits per heavy atom. The minimum atomic E-state index is -0.257. The lowest BCUT2D eigenvalue weighted by molar-refractivity contribution is -0.129. The standard InChI is InChI=1S/C12H24N4O2/c1-3-8-16(11-4-6-13-7-5-11)9-12(18)15-14-10(2)17/h11,13H,3-9H2,1-2H3,(H,14,17)(H,15,18). The second kappa shape index (κ2) is 8.05. The van der Waals surface area contributed by atoms with E-state index in [0.717, 1.165) is 38.9 Å². The molecule has 1 heterocycles. The summed E-state index contributed by atoms with van der Waals surface area (Å²) in [6, 6.07) is 0.467. The molecule has 6 heteroatoms. The summed E-state index contributed by atoms with van der Waals surface area (Å²) in [6.07, 6.45) is 3.18. The number of hydrazine groups is 1. The quantitative estimate of drug-likeness (QED) is 0.586. The molecule has 0 atom stereocenters. The molecule has 1 fully saturated rings. The number of carbonyl (C=O) groups excluding carboxylic acids is 2. The molecule has 3 N–H and O–H groups in total. The second-order valence-electron chi connectivity index (χ2n) is 4.68. The molecule has 1 saturated heterocycles. The van der Waals surface area contributed by atoms with E-state index in [1.807, 2.05) is 0 Å². The van der Waals surface area contributed by atoms with E-state index in [0.29, 0.717) is 12.6 Å². The summed E-state index contributed by atoms with van der Waals surface area (Å²) >= 11 is 0. The van der Waals surface area contributed by atoms with Gasteiger partial charge in [0.1, 0.15) is 0 Å². The molecule has 0 aliphatic carbocycles. The topological polar surface area (TPSA) is 73.5 Å². The van der Waals surface area contributed by atoms with Crippen LogP contribution in [0, 0.1) is 0 Å². The molecule has 0 bridgehead atoms. The monoisotopic (exact) mass is 256 g/mol. The van der Waals surface area contributed by atoms with Gasteiger partial charge in [0.15, 0.2) is 0 Å². The highest BCUT2D eigenvalue weighted by Crippen LogP contribution is 2.11. The maximum atomic E-state index is 11.7. The summed E-state index contributed by atoms with van der Waals surface area (Å²) in [5, 5.41) is 3.32. The Kier molecular flexibility index (Phi) is 6.67. The maximum Gasteiger partial charge on any atom is 0.252 e. The van der Waals surface area contributed by atoms with Gasteiger partial charge in [-0.2, -0.15) is 0 Å². The fourth-order valence-corrected chi connectivity index (χ4v) is 2.23. The zero-order valence-corrected chi connectivity index (χ0v) is 11.3. The summed E-state index contributed by atoms with van der Waals surface area (Å²) in [4.78, 5) is 24.6. The third-order valence-electron chi connectivity index (χ3n) is 3.06. The number of hydrogen-bond donors (Lipinski definition) is 3. The Morgan fingerprint density at radius 3 is 2.50 bits per heavy atom. The van der Waals surface area contributed by atoms with Crippen molar-refractivity contribution in [3.05, 3.63) is 0 Å². The van der Waals surface area contributed by atoms with Crippen molar-refractivity contribution in [3.63, 3.8) is 0 Å².